The second-order valence-electron chi connectivity index (χ2n) is 7.27. The third-order valence-corrected chi connectivity index (χ3v) is 7.04. The predicted molar refractivity (Wildman–Crippen MR) is 94.7 cm³/mol. The summed E-state index contributed by atoms with van der Waals surface area (Å²) in [6.45, 7) is 6.32. The number of thiazole rings is 1. The number of aromatic nitrogens is 1. The molecule has 2 aliphatic rings. The lowest BCUT2D eigenvalue weighted by Gasteiger charge is -2.31. The van der Waals surface area contributed by atoms with Gasteiger partial charge in [-0.25, -0.2) is 4.98 Å². The quantitative estimate of drug-likeness (QED) is 0.896. The lowest BCUT2D eigenvalue weighted by Crippen LogP contribution is -2.40. The van der Waals surface area contributed by atoms with Crippen molar-refractivity contribution in [1.29, 1.82) is 0 Å². The second kappa shape index (κ2) is 6.89. The van der Waals surface area contributed by atoms with Gasteiger partial charge in [0.15, 0.2) is 0 Å². The van der Waals surface area contributed by atoms with Crippen LogP contribution in [-0.4, -0.2) is 34.9 Å². The molecule has 2 aliphatic heterocycles. The number of nitrogens with zero attached hydrogens (tertiary/aromatic N) is 2. The highest BCUT2D eigenvalue weighted by molar-refractivity contribution is 7.11. The van der Waals surface area contributed by atoms with Gasteiger partial charge in [-0.3, -0.25) is 4.79 Å². The van der Waals surface area contributed by atoms with E-state index in [2.05, 4.69) is 31.1 Å². The molecule has 1 amide bonds. The summed E-state index contributed by atoms with van der Waals surface area (Å²) in [4.78, 5) is 20.5. The van der Waals surface area contributed by atoms with Crippen LogP contribution < -0.4 is 5.32 Å². The molecule has 3 unspecified atom stereocenters. The number of carbonyl (C=O) groups excluding carboxylic acids is 1. The van der Waals surface area contributed by atoms with Crippen molar-refractivity contribution in [3.63, 3.8) is 0 Å². The summed E-state index contributed by atoms with van der Waals surface area (Å²) in [5.41, 5.74) is 1.08. The van der Waals surface area contributed by atoms with E-state index in [4.69, 9.17) is 0 Å². The zero-order chi connectivity index (χ0) is 16.6. The molecule has 0 aromatic carbocycles. The average Bonchev–Trinajstić information content (AvgIpc) is 3.07. The van der Waals surface area contributed by atoms with Crippen molar-refractivity contribution in [3.8, 4) is 0 Å². The maximum Gasteiger partial charge on any atom is 0.223 e. The Morgan fingerprint density at radius 3 is 2.61 bits per heavy atom. The molecule has 0 saturated carbocycles. The fourth-order valence-corrected chi connectivity index (χ4v) is 5.23. The Hall–Kier alpha value is -0.940. The van der Waals surface area contributed by atoms with E-state index < -0.39 is 0 Å². The maximum absolute atomic E-state index is 12.7. The van der Waals surface area contributed by atoms with Crippen LogP contribution in [0.5, 0.6) is 0 Å². The highest BCUT2D eigenvalue weighted by Crippen LogP contribution is 2.34. The Bertz CT molecular complexity index is 559. The van der Waals surface area contributed by atoms with Gasteiger partial charge in [-0.2, -0.15) is 0 Å². The molecule has 0 radical (unpaired) electrons. The van der Waals surface area contributed by atoms with E-state index in [9.17, 15) is 4.79 Å². The minimum atomic E-state index is 0.124. The Morgan fingerprint density at radius 1 is 1.39 bits per heavy atom. The van der Waals surface area contributed by atoms with Gasteiger partial charge in [-0.1, -0.05) is 6.92 Å². The van der Waals surface area contributed by atoms with Gasteiger partial charge in [0.05, 0.1) is 16.7 Å². The zero-order valence-corrected chi connectivity index (χ0v) is 15.6. The Kier molecular flexibility index (Phi) is 5.07. The van der Waals surface area contributed by atoms with Gasteiger partial charge in [0.2, 0.25) is 5.91 Å². The monoisotopic (exact) mass is 335 g/mol. The van der Waals surface area contributed by atoms with E-state index in [0.29, 0.717) is 24.4 Å². The van der Waals surface area contributed by atoms with Crippen LogP contribution in [0.1, 0.15) is 67.6 Å². The molecule has 2 saturated heterocycles. The van der Waals surface area contributed by atoms with Crippen LogP contribution >= 0.6 is 11.3 Å². The van der Waals surface area contributed by atoms with Crippen molar-refractivity contribution in [3.05, 3.63) is 15.6 Å². The first kappa shape index (κ1) is 16.9. The van der Waals surface area contributed by atoms with Gasteiger partial charge in [0, 0.05) is 30.4 Å². The molecule has 1 aromatic rings. The molecule has 4 nitrogen and oxygen atoms in total. The molecular weight excluding hydrogens is 306 g/mol. The third-order valence-electron chi connectivity index (χ3n) is 5.57. The lowest BCUT2D eigenvalue weighted by atomic mass is 9.89. The zero-order valence-electron chi connectivity index (χ0n) is 14.8. The molecule has 3 atom stereocenters. The van der Waals surface area contributed by atoms with E-state index in [1.54, 1.807) is 11.3 Å². The normalized spacial score (nSPS) is 27.9. The van der Waals surface area contributed by atoms with Gasteiger partial charge >= 0.3 is 0 Å². The molecular formula is C18H29N3OS. The van der Waals surface area contributed by atoms with Crippen molar-refractivity contribution in [1.82, 2.24) is 15.2 Å². The highest BCUT2D eigenvalue weighted by Gasteiger charge is 2.35. The average molecular weight is 336 g/mol. The van der Waals surface area contributed by atoms with Gasteiger partial charge in [0.25, 0.3) is 0 Å². The van der Waals surface area contributed by atoms with Crippen molar-refractivity contribution in [2.75, 3.05) is 7.05 Å². The number of amides is 1. The van der Waals surface area contributed by atoms with Crippen LogP contribution in [0, 0.1) is 12.8 Å². The fraction of sp³-hybridized carbons (Fsp3) is 0.778. The van der Waals surface area contributed by atoms with E-state index in [0.717, 1.165) is 12.1 Å². The van der Waals surface area contributed by atoms with E-state index >= 15 is 0 Å². The summed E-state index contributed by atoms with van der Waals surface area (Å²) >= 11 is 1.76. The molecule has 1 N–H and O–H groups in total. The third kappa shape index (κ3) is 3.61. The number of aryl methyl sites for hydroxylation is 2. The van der Waals surface area contributed by atoms with Crippen molar-refractivity contribution in [2.24, 2.45) is 5.92 Å². The smallest absolute Gasteiger partial charge is 0.223 e. The maximum atomic E-state index is 12.7. The number of piperidine rings is 1. The number of hydrogen-bond donors (Lipinski definition) is 1. The molecule has 5 heteroatoms. The van der Waals surface area contributed by atoms with Crippen molar-refractivity contribution >= 4 is 17.2 Å². The largest absolute Gasteiger partial charge is 0.338 e. The van der Waals surface area contributed by atoms with Gasteiger partial charge < -0.3 is 10.2 Å². The van der Waals surface area contributed by atoms with Crippen LogP contribution in [-0.2, 0) is 11.2 Å². The predicted octanol–water partition coefficient (Wildman–Crippen LogP) is 3.45. The van der Waals surface area contributed by atoms with Gasteiger partial charge in [-0.05, 0) is 51.9 Å². The van der Waals surface area contributed by atoms with Crippen LogP contribution in [0.25, 0.3) is 0 Å². The van der Waals surface area contributed by atoms with E-state index in [1.165, 1.54) is 35.6 Å². The molecule has 23 heavy (non-hydrogen) atoms. The van der Waals surface area contributed by atoms with Crippen LogP contribution in [0.4, 0.5) is 0 Å². The van der Waals surface area contributed by atoms with Crippen molar-refractivity contribution < 1.29 is 4.79 Å². The van der Waals surface area contributed by atoms with E-state index in [1.807, 2.05) is 11.9 Å². The fourth-order valence-electron chi connectivity index (χ4n) is 4.13. The first-order chi connectivity index (χ1) is 11.0. The van der Waals surface area contributed by atoms with Crippen LogP contribution in [0.3, 0.4) is 0 Å². The molecule has 128 valence electrons. The Labute approximate surface area is 143 Å². The number of nitrogens with one attached hydrogen (secondary N) is 1. The number of rotatable bonds is 5. The number of carbonyl (C=O) groups is 1. The first-order valence-electron chi connectivity index (χ1n) is 8.95. The summed E-state index contributed by atoms with van der Waals surface area (Å²) in [7, 11) is 1.95. The van der Waals surface area contributed by atoms with Gasteiger partial charge in [-0.15, -0.1) is 11.3 Å². The number of fused-ring (bicyclic) bond motifs is 2. The van der Waals surface area contributed by atoms with E-state index in [-0.39, 0.29) is 11.9 Å². The molecule has 0 spiro atoms. The molecule has 2 bridgehead atoms. The molecule has 2 fully saturated rings. The Morgan fingerprint density at radius 2 is 2.04 bits per heavy atom. The minimum absolute atomic E-state index is 0.124. The second-order valence-corrected chi connectivity index (χ2v) is 8.39. The van der Waals surface area contributed by atoms with Crippen molar-refractivity contribution in [2.45, 2.75) is 77.4 Å². The topological polar surface area (TPSA) is 45.2 Å². The summed E-state index contributed by atoms with van der Waals surface area (Å²) in [6, 6.07) is 1.44. The van der Waals surface area contributed by atoms with Crippen LogP contribution in [0.2, 0.25) is 0 Å². The lowest BCUT2D eigenvalue weighted by molar-refractivity contribution is -0.133. The molecule has 3 heterocycles. The first-order valence-corrected chi connectivity index (χ1v) is 9.77. The number of hydrogen-bond acceptors (Lipinski definition) is 4. The molecule has 1 aromatic heterocycles. The summed E-state index contributed by atoms with van der Waals surface area (Å²) in [5, 5.41) is 4.82. The minimum Gasteiger partial charge on any atom is -0.338 e. The standard InChI is InChI=1S/C18H29N3OS/c1-5-16-19-11(2)18(23-16)12(3)21(4)17(22)10-13-8-14-6-7-15(9-13)20-14/h12-15,20H,5-10H2,1-4H3. The molecule has 0 aliphatic carbocycles. The summed E-state index contributed by atoms with van der Waals surface area (Å²) < 4.78 is 0. The summed E-state index contributed by atoms with van der Waals surface area (Å²) in [5.74, 6) is 0.847. The Balaban J connectivity index is 1.61. The highest BCUT2D eigenvalue weighted by atomic mass is 32.1. The summed E-state index contributed by atoms with van der Waals surface area (Å²) in [6.07, 6.45) is 6.60. The van der Waals surface area contributed by atoms with Gasteiger partial charge in [0.1, 0.15) is 0 Å². The molecule has 3 rings (SSSR count). The van der Waals surface area contributed by atoms with Crippen LogP contribution in [0.15, 0.2) is 0 Å². The SMILES string of the molecule is CCc1nc(C)c(C(C)N(C)C(=O)CC2CC3CCC(C2)N3)s1.